The largest absolute Gasteiger partial charge is 0.452 e. The Morgan fingerprint density at radius 3 is 2.30 bits per heavy atom. The number of rotatable bonds is 5. The zero-order chi connectivity index (χ0) is 22.0. The fourth-order valence-electron chi connectivity index (χ4n) is 3.08. The van der Waals surface area contributed by atoms with Crippen LogP contribution in [-0.2, 0) is 9.53 Å². The van der Waals surface area contributed by atoms with Gasteiger partial charge in [0.25, 0.3) is 5.91 Å². The van der Waals surface area contributed by atoms with Gasteiger partial charge < -0.3 is 14.6 Å². The number of esters is 1. The molecule has 0 unspecified atom stereocenters. The van der Waals surface area contributed by atoms with Gasteiger partial charge in [-0.15, -0.1) is 0 Å². The van der Waals surface area contributed by atoms with Crippen LogP contribution in [-0.4, -0.2) is 23.1 Å². The van der Waals surface area contributed by atoms with Crippen molar-refractivity contribution in [1.29, 1.82) is 0 Å². The van der Waals surface area contributed by atoms with E-state index in [1.54, 1.807) is 13.0 Å². The minimum atomic E-state index is -1.70. The van der Waals surface area contributed by atoms with Crippen LogP contribution in [0.2, 0.25) is 0 Å². The van der Waals surface area contributed by atoms with E-state index in [4.69, 9.17) is 4.74 Å². The number of nitrogens with one attached hydrogen (secondary N) is 1. The molecule has 0 spiro atoms. The first kappa shape index (κ1) is 21.2. The molecular weight excluding hydrogens is 397 g/mol. The van der Waals surface area contributed by atoms with E-state index < -0.39 is 41.6 Å². The molecule has 1 N–H and O–H groups in total. The third-order valence-electron chi connectivity index (χ3n) is 4.59. The Balaban J connectivity index is 1.69. The minimum absolute atomic E-state index is 0.278. The number of hydrogen-bond acceptors (Lipinski definition) is 3. The Labute approximate surface area is 171 Å². The number of carbonyl (C=O) groups is 2. The van der Waals surface area contributed by atoms with Crippen molar-refractivity contribution >= 4 is 17.6 Å². The Hall–Kier alpha value is -3.55. The second-order valence-corrected chi connectivity index (χ2v) is 6.80. The van der Waals surface area contributed by atoms with Crippen LogP contribution in [0.1, 0.15) is 27.3 Å². The number of aromatic nitrogens is 1. The van der Waals surface area contributed by atoms with E-state index in [9.17, 15) is 22.8 Å². The number of nitrogens with zero attached hydrogens (tertiary/aromatic N) is 1. The predicted molar refractivity (Wildman–Crippen MR) is 105 cm³/mol. The third-order valence-corrected chi connectivity index (χ3v) is 4.59. The topological polar surface area (TPSA) is 60.3 Å². The fraction of sp³-hybridized carbons (Fsp3) is 0.182. The number of ether oxygens (including phenoxy) is 1. The van der Waals surface area contributed by atoms with Gasteiger partial charge in [-0.2, -0.15) is 0 Å². The van der Waals surface area contributed by atoms with Gasteiger partial charge in [0, 0.05) is 17.1 Å². The van der Waals surface area contributed by atoms with Gasteiger partial charge in [-0.25, -0.2) is 18.0 Å². The maximum atomic E-state index is 13.6. The summed E-state index contributed by atoms with van der Waals surface area (Å²) >= 11 is 0. The van der Waals surface area contributed by atoms with Crippen LogP contribution >= 0.6 is 0 Å². The molecule has 1 heterocycles. The normalized spacial score (nSPS) is 10.7. The molecule has 3 rings (SSSR count). The predicted octanol–water partition coefficient (Wildman–Crippen LogP) is 4.62. The van der Waals surface area contributed by atoms with E-state index in [1.165, 1.54) is 0 Å². The summed E-state index contributed by atoms with van der Waals surface area (Å²) in [6.45, 7) is 4.84. The zero-order valence-corrected chi connectivity index (χ0v) is 16.6. The number of aryl methyl sites for hydroxylation is 2. The van der Waals surface area contributed by atoms with Crippen molar-refractivity contribution in [1.82, 2.24) is 4.57 Å². The highest BCUT2D eigenvalue weighted by Gasteiger charge is 2.20. The van der Waals surface area contributed by atoms with Gasteiger partial charge in [0.2, 0.25) is 0 Å². The molecule has 8 heteroatoms. The van der Waals surface area contributed by atoms with Gasteiger partial charge in [-0.3, -0.25) is 4.79 Å². The standard InChI is InChI=1S/C22H19F3N2O3/c1-12-4-6-15(7-5-12)27-13(2)10-16(14(27)3)22(29)30-11-19(28)26-18-9-8-17(23)20(24)21(18)25/h4-10H,11H2,1-3H3,(H,26,28). The summed E-state index contributed by atoms with van der Waals surface area (Å²) in [4.78, 5) is 24.4. The summed E-state index contributed by atoms with van der Waals surface area (Å²) in [5.41, 5.74) is 3.14. The van der Waals surface area contributed by atoms with E-state index in [-0.39, 0.29) is 5.56 Å². The number of benzene rings is 2. The number of amides is 1. The van der Waals surface area contributed by atoms with Crippen LogP contribution in [0, 0.1) is 38.2 Å². The van der Waals surface area contributed by atoms with E-state index in [0.29, 0.717) is 11.8 Å². The van der Waals surface area contributed by atoms with E-state index >= 15 is 0 Å². The molecule has 0 aliphatic carbocycles. The molecule has 0 aliphatic rings. The van der Waals surface area contributed by atoms with Crippen molar-refractivity contribution in [2.45, 2.75) is 20.8 Å². The number of hydrogen-bond donors (Lipinski definition) is 1. The maximum Gasteiger partial charge on any atom is 0.340 e. The molecular formula is C22H19F3N2O3. The molecule has 156 valence electrons. The lowest BCUT2D eigenvalue weighted by Crippen LogP contribution is -2.22. The molecule has 3 aromatic rings. The first-order valence-corrected chi connectivity index (χ1v) is 9.05. The molecule has 1 amide bonds. The van der Waals surface area contributed by atoms with Gasteiger partial charge >= 0.3 is 5.97 Å². The quantitative estimate of drug-likeness (QED) is 0.488. The Kier molecular flexibility index (Phi) is 5.96. The summed E-state index contributed by atoms with van der Waals surface area (Å²) in [6.07, 6.45) is 0. The highest BCUT2D eigenvalue weighted by molar-refractivity contribution is 5.96. The molecule has 30 heavy (non-hydrogen) atoms. The van der Waals surface area contributed by atoms with Crippen LogP contribution in [0.3, 0.4) is 0 Å². The molecule has 0 saturated carbocycles. The van der Waals surface area contributed by atoms with E-state index in [0.717, 1.165) is 23.0 Å². The molecule has 0 saturated heterocycles. The van der Waals surface area contributed by atoms with Crippen LogP contribution in [0.5, 0.6) is 0 Å². The maximum absolute atomic E-state index is 13.6. The molecule has 2 aromatic carbocycles. The molecule has 5 nitrogen and oxygen atoms in total. The Morgan fingerprint density at radius 1 is 0.967 bits per heavy atom. The van der Waals surface area contributed by atoms with Gasteiger partial charge in [-0.1, -0.05) is 17.7 Å². The number of anilines is 1. The van der Waals surface area contributed by atoms with E-state index in [1.807, 2.05) is 48.0 Å². The fourth-order valence-corrected chi connectivity index (χ4v) is 3.08. The monoisotopic (exact) mass is 416 g/mol. The molecule has 0 radical (unpaired) electrons. The van der Waals surface area contributed by atoms with Crippen molar-refractivity contribution in [3.8, 4) is 5.69 Å². The summed E-state index contributed by atoms with van der Waals surface area (Å²) in [5.74, 6) is -6.23. The molecule has 1 aromatic heterocycles. The van der Waals surface area contributed by atoms with Crippen LogP contribution in [0.4, 0.5) is 18.9 Å². The Morgan fingerprint density at radius 2 is 1.63 bits per heavy atom. The first-order chi connectivity index (χ1) is 14.2. The van der Waals surface area contributed by atoms with Gasteiger partial charge in [-0.05, 0) is 51.1 Å². The van der Waals surface area contributed by atoms with Crippen molar-refractivity contribution in [2.75, 3.05) is 11.9 Å². The molecule has 0 atom stereocenters. The average molecular weight is 416 g/mol. The lowest BCUT2D eigenvalue weighted by Gasteiger charge is -2.10. The summed E-state index contributed by atoms with van der Waals surface area (Å²) in [5, 5.41) is 2.04. The summed E-state index contributed by atoms with van der Waals surface area (Å²) in [6, 6.07) is 11.0. The van der Waals surface area contributed by atoms with Crippen molar-refractivity contribution in [2.24, 2.45) is 0 Å². The molecule has 0 fully saturated rings. The highest BCUT2D eigenvalue weighted by atomic mass is 19.2. The Bertz CT molecular complexity index is 1120. The van der Waals surface area contributed by atoms with Crippen molar-refractivity contribution < 1.29 is 27.5 Å². The second-order valence-electron chi connectivity index (χ2n) is 6.80. The minimum Gasteiger partial charge on any atom is -0.452 e. The van der Waals surface area contributed by atoms with Crippen LogP contribution in [0.25, 0.3) is 5.69 Å². The van der Waals surface area contributed by atoms with Crippen LogP contribution in [0.15, 0.2) is 42.5 Å². The highest BCUT2D eigenvalue weighted by Crippen LogP contribution is 2.22. The third kappa shape index (κ3) is 4.22. The molecule has 0 bridgehead atoms. The zero-order valence-electron chi connectivity index (χ0n) is 16.6. The van der Waals surface area contributed by atoms with Gasteiger partial charge in [0.05, 0.1) is 11.3 Å². The second kappa shape index (κ2) is 8.44. The summed E-state index contributed by atoms with van der Waals surface area (Å²) in [7, 11) is 0. The smallest absolute Gasteiger partial charge is 0.340 e. The first-order valence-electron chi connectivity index (χ1n) is 9.05. The number of halogens is 3. The SMILES string of the molecule is Cc1ccc(-n2c(C)cc(C(=O)OCC(=O)Nc3ccc(F)c(F)c3F)c2C)cc1. The number of carbonyl (C=O) groups excluding carboxylic acids is 2. The van der Waals surface area contributed by atoms with Gasteiger partial charge in [0.15, 0.2) is 24.1 Å². The lowest BCUT2D eigenvalue weighted by atomic mass is 10.2. The van der Waals surface area contributed by atoms with Crippen molar-refractivity contribution in [3.05, 3.63) is 82.4 Å². The average Bonchev–Trinajstić information content (AvgIpc) is 3.01. The molecule has 0 aliphatic heterocycles. The van der Waals surface area contributed by atoms with Crippen molar-refractivity contribution in [3.63, 3.8) is 0 Å². The van der Waals surface area contributed by atoms with Gasteiger partial charge in [0.1, 0.15) is 0 Å². The van der Waals surface area contributed by atoms with E-state index in [2.05, 4.69) is 0 Å². The van der Waals surface area contributed by atoms with Crippen LogP contribution < -0.4 is 5.32 Å². The summed E-state index contributed by atoms with van der Waals surface area (Å²) < 4.78 is 46.7. The lowest BCUT2D eigenvalue weighted by molar-refractivity contribution is -0.119.